The van der Waals surface area contributed by atoms with E-state index in [2.05, 4.69) is 37.3 Å². The molecule has 226 valence electrons. The van der Waals surface area contributed by atoms with Gasteiger partial charge < -0.3 is 20.3 Å². The van der Waals surface area contributed by atoms with Crippen LogP contribution in [0.2, 0.25) is 0 Å². The maximum atomic E-state index is 14.2. The maximum Gasteiger partial charge on any atom is 0.339 e. The number of fused-ring (bicyclic) bond motifs is 2. The van der Waals surface area contributed by atoms with Gasteiger partial charge in [-0.2, -0.15) is 0 Å². The number of esters is 2. The molecule has 4 fully saturated rings. The fraction of sp³-hybridized carbons (Fsp3) is 0.568. The number of aliphatic hydroxyl groups is 1. The molecule has 43 heavy (non-hydrogen) atoms. The summed E-state index contributed by atoms with van der Waals surface area (Å²) in [6, 6.07) is 6.04. The van der Waals surface area contributed by atoms with Crippen molar-refractivity contribution in [2.45, 2.75) is 83.2 Å². The highest BCUT2D eigenvalue weighted by atomic mass is 16.6. The van der Waals surface area contributed by atoms with Crippen LogP contribution in [0.1, 0.15) is 92.6 Å². The number of hydrogen-bond donors (Lipinski definition) is 2. The monoisotopic (exact) mass is 581 g/mol. The second kappa shape index (κ2) is 9.44. The van der Waals surface area contributed by atoms with E-state index in [0.29, 0.717) is 49.0 Å². The number of cyclic esters (lactones) is 1. The van der Waals surface area contributed by atoms with Crippen LogP contribution in [0, 0.1) is 39.9 Å². The van der Waals surface area contributed by atoms with Gasteiger partial charge in [0.2, 0.25) is 0 Å². The Bertz CT molecular complexity index is 1520. The molecule has 0 aromatic heterocycles. The number of rotatable bonds is 6. The lowest BCUT2D eigenvalue weighted by molar-refractivity contribution is -0.271. The molecule has 8 atom stereocenters. The third-order valence-electron chi connectivity index (χ3n) is 12.8. The van der Waals surface area contributed by atoms with Gasteiger partial charge in [-0.05, 0) is 93.6 Å². The van der Waals surface area contributed by atoms with Crippen molar-refractivity contribution in [1.82, 2.24) is 0 Å². The topological polar surface area (TPSA) is 98.9 Å². The zero-order valence-corrected chi connectivity index (χ0v) is 25.1. The molecule has 1 aromatic carbocycles. The maximum absolute atomic E-state index is 14.2. The second-order valence-corrected chi connectivity index (χ2v) is 14.2. The van der Waals surface area contributed by atoms with E-state index in [1.807, 2.05) is 24.3 Å². The summed E-state index contributed by atoms with van der Waals surface area (Å²) in [4.78, 5) is 28.1. The van der Waals surface area contributed by atoms with Crippen LogP contribution >= 0.6 is 0 Å². The fourth-order valence-corrected chi connectivity index (χ4v) is 11.3. The van der Waals surface area contributed by atoms with Gasteiger partial charge in [0, 0.05) is 17.4 Å². The van der Waals surface area contributed by atoms with Gasteiger partial charge in [0.15, 0.2) is 11.4 Å². The van der Waals surface area contributed by atoms with Crippen LogP contribution in [-0.4, -0.2) is 23.6 Å². The van der Waals surface area contributed by atoms with Crippen molar-refractivity contribution in [3.63, 3.8) is 0 Å². The molecule has 1 aromatic rings. The van der Waals surface area contributed by atoms with E-state index >= 15 is 0 Å². The van der Waals surface area contributed by atoms with Crippen LogP contribution in [0.4, 0.5) is 0 Å². The minimum atomic E-state index is -1.06. The Morgan fingerprint density at radius 3 is 2.81 bits per heavy atom. The smallest absolute Gasteiger partial charge is 0.339 e. The predicted octanol–water partition coefficient (Wildman–Crippen LogP) is 6.96. The summed E-state index contributed by atoms with van der Waals surface area (Å²) < 4.78 is 13.0. The molecule has 0 radical (unpaired) electrons. The third-order valence-corrected chi connectivity index (χ3v) is 12.8. The van der Waals surface area contributed by atoms with Crippen LogP contribution in [-0.2, 0) is 26.3 Å². The van der Waals surface area contributed by atoms with Gasteiger partial charge in [-0.1, -0.05) is 68.0 Å². The van der Waals surface area contributed by atoms with Crippen LogP contribution < -0.4 is 5.73 Å². The Labute approximate surface area is 254 Å². The molecule has 2 aliphatic heterocycles. The van der Waals surface area contributed by atoms with E-state index in [1.54, 1.807) is 0 Å². The van der Waals surface area contributed by atoms with Crippen LogP contribution in [0.25, 0.3) is 0 Å². The zero-order valence-electron chi connectivity index (χ0n) is 25.1. The van der Waals surface area contributed by atoms with Gasteiger partial charge in [-0.15, -0.1) is 0 Å². The first-order chi connectivity index (χ1) is 20.9. The van der Waals surface area contributed by atoms with Gasteiger partial charge in [0.05, 0.1) is 11.0 Å². The Morgan fingerprint density at radius 1 is 1.12 bits per heavy atom. The molecule has 3 N–H and O–H groups in total. The molecular weight excluding hydrogens is 538 g/mol. The summed E-state index contributed by atoms with van der Waals surface area (Å²) in [5.41, 5.74) is 5.34. The highest BCUT2D eigenvalue weighted by Crippen LogP contribution is 2.84. The zero-order chi connectivity index (χ0) is 29.6. The summed E-state index contributed by atoms with van der Waals surface area (Å²) in [6.45, 7) is 2.65. The molecule has 8 rings (SSSR count). The van der Waals surface area contributed by atoms with Crippen LogP contribution in [0.3, 0.4) is 0 Å². The van der Waals surface area contributed by atoms with Crippen molar-refractivity contribution in [2.75, 3.05) is 6.54 Å². The molecular formula is C37H43NO5. The van der Waals surface area contributed by atoms with E-state index in [1.165, 1.54) is 12.8 Å². The highest BCUT2D eigenvalue weighted by molar-refractivity contribution is 5.99. The van der Waals surface area contributed by atoms with Crippen molar-refractivity contribution in [1.29, 1.82) is 0 Å². The fourth-order valence-electron chi connectivity index (χ4n) is 11.3. The number of aliphatic hydroxyl groups excluding tert-OH is 1. The number of carbonyl (C=O) groups excluding carboxylic acids is 2. The summed E-state index contributed by atoms with van der Waals surface area (Å²) >= 11 is 0. The van der Waals surface area contributed by atoms with E-state index in [-0.39, 0.29) is 34.9 Å². The molecule has 1 saturated heterocycles. The molecule has 7 aliphatic rings. The van der Waals surface area contributed by atoms with Crippen LogP contribution in [0.5, 0.6) is 0 Å². The number of aryl methyl sites for hydroxylation is 1. The van der Waals surface area contributed by atoms with E-state index in [9.17, 15) is 14.7 Å². The van der Waals surface area contributed by atoms with Gasteiger partial charge in [0.1, 0.15) is 11.2 Å². The standard InChI is InChI=1S/C37H43NO5/c1-2-9-28-35-19-5-6-20-36(35,37(28)27-13-7-10-23(11-8-21-38)29(27)32(40)43-37)31(42-33(35)41)30(39)24-14-15-26-17-16-25-12-3-4-18-34(25,26)22-24/h3-5,7,10,12-13,18-19,24-26,28,39H,2,6,8-9,11,14-17,20-22,38H2,1H3/b31-30+/t24-,25+,26-,28+,34+,35+,36-,37-/m1/s1. The predicted molar refractivity (Wildman–Crippen MR) is 163 cm³/mol. The Kier molecular flexibility index (Phi) is 6.02. The largest absolute Gasteiger partial charge is 0.508 e. The number of ether oxygens (including phenoxy) is 2. The van der Waals surface area contributed by atoms with Crippen molar-refractivity contribution < 1.29 is 24.2 Å². The first-order valence-corrected chi connectivity index (χ1v) is 16.7. The first kappa shape index (κ1) is 27.4. The van der Waals surface area contributed by atoms with Crippen molar-refractivity contribution in [2.24, 2.45) is 45.7 Å². The Morgan fingerprint density at radius 2 is 1.98 bits per heavy atom. The molecule has 2 heterocycles. The summed E-state index contributed by atoms with van der Waals surface area (Å²) in [5, 5.41) is 12.4. The molecule has 6 nitrogen and oxygen atoms in total. The number of hydrogen-bond acceptors (Lipinski definition) is 6. The third kappa shape index (κ3) is 3.09. The number of allylic oxidation sites excluding steroid dienone is 6. The molecule has 5 aliphatic carbocycles. The number of nitrogens with two attached hydrogens (primary N) is 1. The normalized spacial score (nSPS) is 42.5. The molecule has 6 heteroatoms. The van der Waals surface area contributed by atoms with Gasteiger partial charge >= 0.3 is 11.9 Å². The summed E-state index contributed by atoms with van der Waals surface area (Å²) in [6.07, 6.45) is 22.7. The van der Waals surface area contributed by atoms with Gasteiger partial charge in [-0.3, -0.25) is 4.79 Å². The number of benzene rings is 1. The van der Waals surface area contributed by atoms with E-state index in [4.69, 9.17) is 15.2 Å². The van der Waals surface area contributed by atoms with Gasteiger partial charge in [-0.25, -0.2) is 4.79 Å². The molecule has 0 unspecified atom stereocenters. The number of carbonyl (C=O) groups is 2. The molecule has 0 bridgehead atoms. The highest BCUT2D eigenvalue weighted by Gasteiger charge is 2.91. The lowest BCUT2D eigenvalue weighted by Crippen LogP contribution is -2.75. The van der Waals surface area contributed by atoms with Gasteiger partial charge in [0.25, 0.3) is 0 Å². The molecule has 2 spiro atoms. The quantitative estimate of drug-likeness (QED) is 0.214. The lowest BCUT2D eigenvalue weighted by atomic mass is 9.31. The second-order valence-electron chi connectivity index (χ2n) is 14.2. The van der Waals surface area contributed by atoms with Crippen molar-refractivity contribution in [3.05, 3.63) is 82.9 Å². The average molecular weight is 582 g/mol. The van der Waals surface area contributed by atoms with Crippen molar-refractivity contribution >= 4 is 11.9 Å². The van der Waals surface area contributed by atoms with Crippen molar-refractivity contribution in [3.8, 4) is 0 Å². The Balaban J connectivity index is 1.31. The molecule has 3 saturated carbocycles. The summed E-state index contributed by atoms with van der Waals surface area (Å²) in [7, 11) is 0. The van der Waals surface area contributed by atoms with Crippen LogP contribution in [0.15, 0.2) is 66.2 Å². The average Bonchev–Trinajstić information content (AvgIpc) is 3.65. The first-order valence-electron chi connectivity index (χ1n) is 16.7. The summed E-state index contributed by atoms with van der Waals surface area (Å²) in [5.74, 6) is 0.693. The molecule has 0 amide bonds. The lowest BCUT2D eigenvalue weighted by Gasteiger charge is -2.68. The van der Waals surface area contributed by atoms with E-state index < -0.39 is 16.4 Å². The van der Waals surface area contributed by atoms with E-state index in [0.717, 1.165) is 49.7 Å². The Hall–Kier alpha value is -3.12. The minimum Gasteiger partial charge on any atom is -0.508 e. The SMILES string of the molecule is CCC[C@@H]1[C@@]2(OC(=O)c3c(CCCN)cccc32)[C@@]23CCC=C[C@@]12C(=O)O/C3=C(/O)[C@@H]1CC[C@@H]2CC[C@@H]3C=CC=C[C@@]23C1. The minimum absolute atomic E-state index is 0.0441.